The predicted molar refractivity (Wildman–Crippen MR) is 70.3 cm³/mol. The van der Waals surface area contributed by atoms with Gasteiger partial charge in [-0.2, -0.15) is 9.97 Å². The van der Waals surface area contributed by atoms with Crippen molar-refractivity contribution in [2.45, 2.75) is 31.2 Å². The first-order valence-electron chi connectivity index (χ1n) is 5.49. The molecule has 0 N–H and O–H groups in total. The monoisotopic (exact) mass is 270 g/mol. The number of aromatic nitrogens is 2. The molecule has 1 aromatic heterocycles. The number of nitrogens with zero attached hydrogens (tertiary/aromatic N) is 2. The molecular formula is C12H18N2O3S. The Kier molecular flexibility index (Phi) is 4.95. The molecule has 0 saturated carbocycles. The van der Waals surface area contributed by atoms with E-state index in [1.807, 2.05) is 20.8 Å². The van der Waals surface area contributed by atoms with E-state index in [1.54, 1.807) is 6.07 Å². The minimum absolute atomic E-state index is 0.161. The minimum atomic E-state index is -0.227. The molecule has 1 unspecified atom stereocenters. The highest BCUT2D eigenvalue weighted by Crippen LogP contribution is 2.33. The molecule has 1 atom stereocenters. The Labute approximate surface area is 111 Å². The van der Waals surface area contributed by atoms with Crippen molar-refractivity contribution in [3.63, 3.8) is 0 Å². The van der Waals surface area contributed by atoms with Crippen molar-refractivity contribution in [1.82, 2.24) is 9.97 Å². The topological polar surface area (TPSA) is 61.3 Å². The third kappa shape index (κ3) is 3.87. The van der Waals surface area contributed by atoms with E-state index >= 15 is 0 Å². The van der Waals surface area contributed by atoms with Crippen LogP contribution < -0.4 is 9.47 Å². The lowest BCUT2D eigenvalue weighted by atomic mass is 9.93. The second-order valence-corrected chi connectivity index (χ2v) is 5.88. The molecule has 100 valence electrons. The summed E-state index contributed by atoms with van der Waals surface area (Å²) in [5.74, 6) is 0.839. The van der Waals surface area contributed by atoms with Crippen LogP contribution in [0, 0.1) is 5.41 Å². The third-order valence-corrected chi connectivity index (χ3v) is 3.75. The molecule has 1 rings (SSSR count). The smallest absolute Gasteiger partial charge is 0.220 e. The molecule has 0 amide bonds. The highest BCUT2D eigenvalue weighted by Gasteiger charge is 2.26. The number of ether oxygens (including phenoxy) is 2. The van der Waals surface area contributed by atoms with Crippen molar-refractivity contribution >= 4 is 18.0 Å². The zero-order valence-electron chi connectivity index (χ0n) is 11.3. The van der Waals surface area contributed by atoms with Gasteiger partial charge < -0.3 is 14.3 Å². The molecule has 1 aromatic rings. The van der Waals surface area contributed by atoms with Crippen molar-refractivity contribution in [1.29, 1.82) is 0 Å². The maximum atomic E-state index is 11.1. The van der Waals surface area contributed by atoms with Crippen LogP contribution in [0.15, 0.2) is 11.2 Å². The van der Waals surface area contributed by atoms with Crippen LogP contribution in [-0.4, -0.2) is 35.7 Å². The van der Waals surface area contributed by atoms with Crippen LogP contribution in [0.25, 0.3) is 0 Å². The molecule has 0 aliphatic carbocycles. The Morgan fingerprint density at radius 1 is 1.22 bits per heavy atom. The van der Waals surface area contributed by atoms with E-state index in [4.69, 9.17) is 9.47 Å². The first-order valence-corrected chi connectivity index (χ1v) is 6.37. The Balaban J connectivity index is 2.98. The van der Waals surface area contributed by atoms with Gasteiger partial charge in [-0.1, -0.05) is 32.5 Å². The number of hydrogen-bond donors (Lipinski definition) is 0. The first-order chi connectivity index (χ1) is 8.40. The summed E-state index contributed by atoms with van der Waals surface area (Å²) >= 11 is 1.30. The average molecular weight is 270 g/mol. The third-order valence-electron chi connectivity index (χ3n) is 2.29. The lowest BCUT2D eigenvalue weighted by molar-refractivity contribution is -0.108. The number of aldehydes is 1. The molecule has 0 spiro atoms. The van der Waals surface area contributed by atoms with E-state index in [0.29, 0.717) is 16.9 Å². The summed E-state index contributed by atoms with van der Waals surface area (Å²) in [6.07, 6.45) is 0.917. The van der Waals surface area contributed by atoms with Crippen LogP contribution in [0.3, 0.4) is 0 Å². The first kappa shape index (κ1) is 14.8. The summed E-state index contributed by atoms with van der Waals surface area (Å²) < 4.78 is 10.1. The Morgan fingerprint density at radius 2 is 1.72 bits per heavy atom. The SMILES string of the molecule is COc1cc(OC)nc(SC(C=O)C(C)(C)C)n1. The fraction of sp³-hybridized carbons (Fsp3) is 0.583. The normalized spacial score (nSPS) is 12.9. The average Bonchev–Trinajstić information content (AvgIpc) is 2.33. The molecule has 0 aliphatic heterocycles. The zero-order valence-corrected chi connectivity index (χ0v) is 12.1. The van der Waals surface area contributed by atoms with Gasteiger partial charge in [0.1, 0.15) is 6.29 Å². The summed E-state index contributed by atoms with van der Waals surface area (Å²) in [6.45, 7) is 5.99. The zero-order chi connectivity index (χ0) is 13.8. The van der Waals surface area contributed by atoms with Crippen LogP contribution >= 0.6 is 11.8 Å². The number of methoxy groups -OCH3 is 2. The van der Waals surface area contributed by atoms with Gasteiger partial charge in [0.15, 0.2) is 5.16 Å². The van der Waals surface area contributed by atoms with E-state index in [2.05, 4.69) is 9.97 Å². The lowest BCUT2D eigenvalue weighted by Gasteiger charge is -2.24. The fourth-order valence-electron chi connectivity index (χ4n) is 1.17. The second-order valence-electron chi connectivity index (χ2n) is 4.78. The quantitative estimate of drug-likeness (QED) is 0.464. The highest BCUT2D eigenvalue weighted by atomic mass is 32.2. The van der Waals surface area contributed by atoms with Crippen LogP contribution in [0.5, 0.6) is 11.8 Å². The summed E-state index contributed by atoms with van der Waals surface area (Å²) in [6, 6.07) is 1.59. The predicted octanol–water partition coefficient (Wildman–Crippen LogP) is 2.20. The molecule has 18 heavy (non-hydrogen) atoms. The van der Waals surface area contributed by atoms with Gasteiger partial charge in [0.25, 0.3) is 0 Å². The minimum Gasteiger partial charge on any atom is -0.481 e. The largest absolute Gasteiger partial charge is 0.481 e. The lowest BCUT2D eigenvalue weighted by Crippen LogP contribution is -2.24. The molecule has 5 nitrogen and oxygen atoms in total. The van der Waals surface area contributed by atoms with E-state index < -0.39 is 0 Å². The van der Waals surface area contributed by atoms with Crippen LogP contribution in [0.4, 0.5) is 0 Å². The van der Waals surface area contributed by atoms with Crippen molar-refractivity contribution in [3.8, 4) is 11.8 Å². The molecule has 1 heterocycles. The summed E-state index contributed by atoms with van der Waals surface area (Å²) in [5, 5.41) is 0.243. The van der Waals surface area contributed by atoms with Gasteiger partial charge in [-0.15, -0.1) is 0 Å². The number of rotatable bonds is 5. The number of carbonyl (C=O) groups excluding carboxylic acids is 1. The van der Waals surface area contributed by atoms with Gasteiger partial charge in [0.2, 0.25) is 11.8 Å². The van der Waals surface area contributed by atoms with Gasteiger partial charge in [-0.05, 0) is 5.41 Å². The Hall–Kier alpha value is -1.30. The van der Waals surface area contributed by atoms with Crippen LogP contribution in [-0.2, 0) is 4.79 Å². The number of hydrogen-bond acceptors (Lipinski definition) is 6. The van der Waals surface area contributed by atoms with E-state index in [1.165, 1.54) is 26.0 Å². The maximum absolute atomic E-state index is 11.1. The summed E-state index contributed by atoms with van der Waals surface area (Å²) in [5.41, 5.74) is -0.161. The fourth-order valence-corrected chi connectivity index (χ4v) is 2.09. The molecule has 0 fully saturated rings. The van der Waals surface area contributed by atoms with Crippen LogP contribution in [0.2, 0.25) is 0 Å². The van der Waals surface area contributed by atoms with Gasteiger partial charge in [0, 0.05) is 0 Å². The second kappa shape index (κ2) is 6.04. The Morgan fingerprint density at radius 3 is 2.06 bits per heavy atom. The standard InChI is InChI=1S/C12H18N2O3S/c1-12(2,3)8(7-15)18-11-13-9(16-4)6-10(14-11)17-5/h6-8H,1-5H3. The Bertz CT molecular complexity index is 396. The number of carbonyl (C=O) groups is 1. The van der Waals surface area contributed by atoms with Crippen molar-refractivity contribution in [2.24, 2.45) is 5.41 Å². The highest BCUT2D eigenvalue weighted by molar-refractivity contribution is 8.00. The van der Waals surface area contributed by atoms with Gasteiger partial charge >= 0.3 is 0 Å². The van der Waals surface area contributed by atoms with Crippen molar-refractivity contribution in [3.05, 3.63) is 6.07 Å². The molecule has 0 saturated heterocycles. The number of thioether (sulfide) groups is 1. The molecule has 0 aliphatic rings. The van der Waals surface area contributed by atoms with E-state index in [0.717, 1.165) is 6.29 Å². The van der Waals surface area contributed by atoms with Crippen molar-refractivity contribution < 1.29 is 14.3 Å². The van der Waals surface area contributed by atoms with Crippen molar-refractivity contribution in [2.75, 3.05) is 14.2 Å². The van der Waals surface area contributed by atoms with Gasteiger partial charge in [-0.25, -0.2) is 0 Å². The van der Waals surface area contributed by atoms with Gasteiger partial charge in [-0.3, -0.25) is 0 Å². The molecule has 6 heteroatoms. The molecule has 0 radical (unpaired) electrons. The van der Waals surface area contributed by atoms with E-state index in [-0.39, 0.29) is 10.7 Å². The summed E-state index contributed by atoms with van der Waals surface area (Å²) in [7, 11) is 3.05. The molecular weight excluding hydrogens is 252 g/mol. The van der Waals surface area contributed by atoms with Crippen LogP contribution in [0.1, 0.15) is 20.8 Å². The maximum Gasteiger partial charge on any atom is 0.220 e. The molecule has 0 bridgehead atoms. The molecule has 0 aromatic carbocycles. The van der Waals surface area contributed by atoms with Gasteiger partial charge in [0.05, 0.1) is 25.5 Å². The summed E-state index contributed by atoms with van der Waals surface area (Å²) in [4.78, 5) is 19.5. The van der Waals surface area contributed by atoms with E-state index in [9.17, 15) is 4.79 Å².